The van der Waals surface area contributed by atoms with E-state index in [2.05, 4.69) is 35.6 Å². The molecule has 166 valence electrons. The van der Waals surface area contributed by atoms with Crippen LogP contribution < -0.4 is 10.1 Å². The van der Waals surface area contributed by atoms with Crippen LogP contribution in [0.25, 0.3) is 16.7 Å². The van der Waals surface area contributed by atoms with E-state index in [1.165, 1.54) is 17.1 Å². The lowest BCUT2D eigenvalue weighted by atomic mass is 10.1. The fraction of sp³-hybridized carbons (Fsp3) is 0.263. The van der Waals surface area contributed by atoms with Crippen LogP contribution in [0.15, 0.2) is 36.9 Å². The van der Waals surface area contributed by atoms with E-state index in [4.69, 9.17) is 16.3 Å². The molecule has 0 saturated carbocycles. The van der Waals surface area contributed by atoms with Crippen molar-refractivity contribution in [2.45, 2.75) is 26.1 Å². The topological polar surface area (TPSA) is 104 Å². The number of fused-ring (bicyclic) bond motifs is 1. The summed E-state index contributed by atoms with van der Waals surface area (Å²) in [4.78, 5) is 12.2. The van der Waals surface area contributed by atoms with Crippen LogP contribution >= 0.6 is 11.6 Å². The van der Waals surface area contributed by atoms with Crippen LogP contribution in [0.4, 0.5) is 19.0 Å². The minimum Gasteiger partial charge on any atom is -0.477 e. The first-order chi connectivity index (χ1) is 15.3. The molecular weight excluding hydrogens is 449 g/mol. The van der Waals surface area contributed by atoms with E-state index < -0.39 is 17.8 Å². The molecule has 0 amide bonds. The predicted molar refractivity (Wildman–Crippen MR) is 110 cm³/mol. The zero-order valence-electron chi connectivity index (χ0n) is 16.8. The zero-order valence-corrected chi connectivity index (χ0v) is 17.6. The molecule has 0 bridgehead atoms. The number of hydrogen-bond acceptors (Lipinski definition) is 8. The summed E-state index contributed by atoms with van der Waals surface area (Å²) in [5, 5.41) is 15.3. The summed E-state index contributed by atoms with van der Waals surface area (Å²) in [6, 6.07) is 5.01. The van der Waals surface area contributed by atoms with Gasteiger partial charge in [0.25, 0.3) is 0 Å². The highest BCUT2D eigenvalue weighted by Crippen LogP contribution is 2.38. The molecule has 32 heavy (non-hydrogen) atoms. The summed E-state index contributed by atoms with van der Waals surface area (Å²) < 4.78 is 47.1. The molecule has 3 heterocycles. The highest BCUT2D eigenvalue weighted by atomic mass is 35.5. The van der Waals surface area contributed by atoms with Crippen molar-refractivity contribution < 1.29 is 17.9 Å². The second-order valence-corrected chi connectivity index (χ2v) is 7.06. The van der Waals surface area contributed by atoms with Crippen LogP contribution in [0.5, 0.6) is 5.88 Å². The molecule has 0 aliphatic carbocycles. The lowest BCUT2D eigenvalue weighted by molar-refractivity contribution is -0.136. The Morgan fingerprint density at radius 2 is 1.94 bits per heavy atom. The molecule has 0 aliphatic heterocycles. The molecule has 0 spiro atoms. The third-order valence-electron chi connectivity index (χ3n) is 4.46. The van der Waals surface area contributed by atoms with E-state index in [0.29, 0.717) is 24.1 Å². The van der Waals surface area contributed by atoms with Crippen molar-refractivity contribution >= 4 is 28.3 Å². The van der Waals surface area contributed by atoms with Crippen LogP contribution in [-0.4, -0.2) is 41.5 Å². The molecule has 0 fully saturated rings. The van der Waals surface area contributed by atoms with Crippen LogP contribution in [0.1, 0.15) is 31.3 Å². The molecule has 0 aliphatic rings. The molecule has 4 rings (SSSR count). The van der Waals surface area contributed by atoms with Crippen LogP contribution in [0, 0.1) is 0 Å². The highest BCUT2D eigenvalue weighted by molar-refractivity contribution is 6.31. The third kappa shape index (κ3) is 4.26. The van der Waals surface area contributed by atoms with Gasteiger partial charge in [-0.3, -0.25) is 0 Å². The Labute approximate surface area is 184 Å². The summed E-state index contributed by atoms with van der Waals surface area (Å²) >= 11 is 5.94. The molecule has 0 saturated heterocycles. The maximum Gasteiger partial charge on any atom is 0.418 e. The van der Waals surface area contributed by atoms with Gasteiger partial charge >= 0.3 is 6.18 Å². The number of hydrogen-bond donors (Lipinski definition) is 1. The van der Waals surface area contributed by atoms with Gasteiger partial charge in [-0.1, -0.05) is 11.6 Å². The first kappa shape index (κ1) is 21.7. The molecule has 1 aromatic carbocycles. The SMILES string of the molecule is CCOc1ccc(-n2ncnc2[C@H](C)Nc2ncnc3c(C(F)(F)F)cc(Cl)cc23)nn1. The maximum atomic E-state index is 13.4. The standard InChI is InChI=1S/C19H16ClF3N8O/c1-3-32-15-5-4-14(29-30-15)31-18(26-9-27-31)10(2)28-17-12-6-11(20)7-13(19(21,22)23)16(12)24-8-25-17/h4-10H,3H2,1-2H3,(H,24,25,28)/t10-/m0/s1. The first-order valence-electron chi connectivity index (χ1n) is 9.42. The lowest BCUT2D eigenvalue weighted by Gasteiger charge is -2.17. The van der Waals surface area contributed by atoms with Gasteiger partial charge in [-0.2, -0.15) is 23.0 Å². The molecule has 4 aromatic rings. The Balaban J connectivity index is 1.68. The molecular formula is C19H16ClF3N8O. The van der Waals surface area contributed by atoms with E-state index in [1.807, 2.05) is 6.92 Å². The fourth-order valence-corrected chi connectivity index (χ4v) is 3.32. The minimum absolute atomic E-state index is 0.0804. The Kier molecular flexibility index (Phi) is 5.78. The second-order valence-electron chi connectivity index (χ2n) is 6.63. The average molecular weight is 465 g/mol. The number of halogens is 4. The van der Waals surface area contributed by atoms with E-state index in [-0.39, 0.29) is 21.7 Å². The predicted octanol–water partition coefficient (Wildman–Crippen LogP) is 4.24. The van der Waals surface area contributed by atoms with Gasteiger partial charge in [0.05, 0.1) is 23.7 Å². The van der Waals surface area contributed by atoms with E-state index in [1.54, 1.807) is 19.1 Å². The number of nitrogens with one attached hydrogen (secondary N) is 1. The lowest BCUT2D eigenvalue weighted by Crippen LogP contribution is -2.16. The van der Waals surface area contributed by atoms with Crippen molar-refractivity contribution in [1.29, 1.82) is 0 Å². The molecule has 1 N–H and O–H groups in total. The molecule has 13 heteroatoms. The second kappa shape index (κ2) is 8.54. The highest BCUT2D eigenvalue weighted by Gasteiger charge is 2.34. The smallest absolute Gasteiger partial charge is 0.418 e. The fourth-order valence-electron chi connectivity index (χ4n) is 3.11. The molecule has 1 atom stereocenters. The van der Waals surface area contributed by atoms with Crippen LogP contribution in [-0.2, 0) is 6.18 Å². The zero-order chi connectivity index (χ0) is 22.9. The van der Waals surface area contributed by atoms with Crippen LogP contribution in [0.2, 0.25) is 5.02 Å². The van der Waals surface area contributed by atoms with Gasteiger partial charge in [0, 0.05) is 16.5 Å². The Morgan fingerprint density at radius 3 is 2.62 bits per heavy atom. The molecule has 0 unspecified atom stereocenters. The number of alkyl halides is 3. The van der Waals surface area contributed by atoms with Crippen molar-refractivity contribution in [2.24, 2.45) is 0 Å². The van der Waals surface area contributed by atoms with Gasteiger partial charge in [-0.15, -0.1) is 10.2 Å². The van der Waals surface area contributed by atoms with Crippen molar-refractivity contribution in [3.05, 3.63) is 53.3 Å². The minimum atomic E-state index is -4.62. The van der Waals surface area contributed by atoms with E-state index in [9.17, 15) is 13.2 Å². The first-order valence-corrected chi connectivity index (χ1v) is 9.80. The van der Waals surface area contributed by atoms with Crippen molar-refractivity contribution in [3.8, 4) is 11.7 Å². The monoisotopic (exact) mass is 464 g/mol. The number of anilines is 1. The van der Waals surface area contributed by atoms with Crippen molar-refractivity contribution in [2.75, 3.05) is 11.9 Å². The van der Waals surface area contributed by atoms with Crippen LogP contribution in [0.3, 0.4) is 0 Å². The number of rotatable bonds is 6. The van der Waals surface area contributed by atoms with E-state index in [0.717, 1.165) is 12.4 Å². The molecule has 3 aromatic heterocycles. The van der Waals surface area contributed by atoms with Crippen molar-refractivity contribution in [3.63, 3.8) is 0 Å². The van der Waals surface area contributed by atoms with Crippen molar-refractivity contribution in [1.82, 2.24) is 34.9 Å². The average Bonchev–Trinajstić information content (AvgIpc) is 3.24. The Bertz CT molecular complexity index is 1250. The summed E-state index contributed by atoms with van der Waals surface area (Å²) in [6.45, 7) is 4.04. The van der Waals surface area contributed by atoms with Gasteiger partial charge < -0.3 is 10.1 Å². The number of benzene rings is 1. The number of ether oxygens (including phenoxy) is 1. The summed E-state index contributed by atoms with van der Waals surface area (Å²) in [6.07, 6.45) is -2.22. The maximum absolute atomic E-state index is 13.4. The quantitative estimate of drug-likeness (QED) is 0.452. The van der Waals surface area contributed by atoms with Gasteiger partial charge in [0.2, 0.25) is 5.88 Å². The van der Waals surface area contributed by atoms with Gasteiger partial charge in [0.15, 0.2) is 11.6 Å². The normalized spacial score (nSPS) is 12.7. The Morgan fingerprint density at radius 1 is 1.12 bits per heavy atom. The molecule has 0 radical (unpaired) electrons. The Hall–Kier alpha value is -3.54. The molecule has 9 nitrogen and oxygen atoms in total. The number of nitrogens with zero attached hydrogens (tertiary/aromatic N) is 7. The summed E-state index contributed by atoms with van der Waals surface area (Å²) in [5.41, 5.74) is -1.20. The number of aromatic nitrogens is 7. The van der Waals surface area contributed by atoms with Gasteiger partial charge in [0.1, 0.15) is 18.5 Å². The largest absolute Gasteiger partial charge is 0.477 e. The van der Waals surface area contributed by atoms with E-state index >= 15 is 0 Å². The van der Waals surface area contributed by atoms with Gasteiger partial charge in [-0.05, 0) is 32.0 Å². The van der Waals surface area contributed by atoms with Gasteiger partial charge in [-0.25, -0.2) is 15.0 Å². The summed E-state index contributed by atoms with van der Waals surface area (Å²) in [5.74, 6) is 1.37. The summed E-state index contributed by atoms with van der Waals surface area (Å²) in [7, 11) is 0. The third-order valence-corrected chi connectivity index (χ3v) is 4.68.